The van der Waals surface area contributed by atoms with Gasteiger partial charge >= 0.3 is 0 Å². The zero-order valence-corrected chi connectivity index (χ0v) is 12.9. The van der Waals surface area contributed by atoms with Crippen molar-refractivity contribution in [1.82, 2.24) is 4.98 Å². The SMILES string of the molecule is COc1ccc(Br)c(NC(C)c2scnc2C)c1. The van der Waals surface area contributed by atoms with E-state index < -0.39 is 0 Å². The summed E-state index contributed by atoms with van der Waals surface area (Å²) in [5, 5.41) is 3.47. The Balaban J connectivity index is 2.21. The van der Waals surface area contributed by atoms with E-state index in [1.165, 1.54) is 4.88 Å². The molecule has 18 heavy (non-hydrogen) atoms. The maximum absolute atomic E-state index is 5.24. The van der Waals surface area contributed by atoms with Crippen LogP contribution in [0.2, 0.25) is 0 Å². The standard InChI is InChI=1S/C13H15BrN2OS/c1-8-13(18-7-15-8)9(2)16-12-6-10(17-3)4-5-11(12)14/h4-7,9,16H,1-3H3. The number of nitrogens with one attached hydrogen (secondary N) is 1. The molecule has 1 heterocycles. The van der Waals surface area contributed by atoms with Gasteiger partial charge in [-0.05, 0) is 41.9 Å². The minimum atomic E-state index is 0.223. The highest BCUT2D eigenvalue weighted by molar-refractivity contribution is 9.10. The van der Waals surface area contributed by atoms with Gasteiger partial charge in [-0.1, -0.05) is 0 Å². The second kappa shape index (κ2) is 5.71. The fourth-order valence-corrected chi connectivity index (χ4v) is 2.94. The molecule has 2 rings (SSSR count). The Bertz CT molecular complexity index is 542. The summed E-state index contributed by atoms with van der Waals surface area (Å²) in [6.45, 7) is 4.16. The zero-order chi connectivity index (χ0) is 13.1. The van der Waals surface area contributed by atoms with Crippen LogP contribution in [0.25, 0.3) is 0 Å². The average molecular weight is 327 g/mol. The van der Waals surface area contributed by atoms with Crippen LogP contribution in [0.15, 0.2) is 28.2 Å². The lowest BCUT2D eigenvalue weighted by Crippen LogP contribution is -2.07. The van der Waals surface area contributed by atoms with Gasteiger partial charge in [-0.15, -0.1) is 11.3 Å². The number of methoxy groups -OCH3 is 1. The van der Waals surface area contributed by atoms with Crippen LogP contribution in [0.1, 0.15) is 23.5 Å². The second-order valence-electron chi connectivity index (χ2n) is 4.01. The molecule has 1 atom stereocenters. The van der Waals surface area contributed by atoms with Crippen molar-refractivity contribution in [2.24, 2.45) is 0 Å². The average Bonchev–Trinajstić information content (AvgIpc) is 2.78. The number of hydrogen-bond donors (Lipinski definition) is 1. The summed E-state index contributed by atoms with van der Waals surface area (Å²) in [6, 6.07) is 6.11. The van der Waals surface area contributed by atoms with E-state index in [-0.39, 0.29) is 6.04 Å². The highest BCUT2D eigenvalue weighted by atomic mass is 79.9. The van der Waals surface area contributed by atoms with Crippen molar-refractivity contribution in [2.45, 2.75) is 19.9 Å². The fourth-order valence-electron chi connectivity index (χ4n) is 1.77. The number of halogens is 1. The molecular weight excluding hydrogens is 312 g/mol. The molecular formula is C13H15BrN2OS. The van der Waals surface area contributed by atoms with E-state index in [2.05, 4.69) is 33.2 Å². The highest BCUT2D eigenvalue weighted by Gasteiger charge is 2.12. The first kappa shape index (κ1) is 13.4. The zero-order valence-electron chi connectivity index (χ0n) is 10.5. The Morgan fingerprint density at radius 2 is 2.22 bits per heavy atom. The molecule has 0 spiro atoms. The molecule has 1 N–H and O–H groups in total. The van der Waals surface area contributed by atoms with Crippen LogP contribution in [0.5, 0.6) is 5.75 Å². The Labute approximate surface area is 119 Å². The molecule has 1 aromatic carbocycles. The molecule has 0 radical (unpaired) electrons. The Kier molecular flexibility index (Phi) is 4.24. The van der Waals surface area contributed by atoms with Crippen LogP contribution in [0.4, 0.5) is 5.69 Å². The molecule has 3 nitrogen and oxygen atoms in total. The minimum absolute atomic E-state index is 0.223. The van der Waals surface area contributed by atoms with E-state index >= 15 is 0 Å². The predicted octanol–water partition coefficient (Wildman–Crippen LogP) is 4.40. The summed E-state index contributed by atoms with van der Waals surface area (Å²) in [4.78, 5) is 5.53. The summed E-state index contributed by atoms with van der Waals surface area (Å²) < 4.78 is 6.26. The van der Waals surface area contributed by atoms with Crippen molar-refractivity contribution >= 4 is 33.0 Å². The summed E-state index contributed by atoms with van der Waals surface area (Å²) in [7, 11) is 1.67. The van der Waals surface area contributed by atoms with E-state index in [0.29, 0.717) is 0 Å². The molecule has 1 unspecified atom stereocenters. The van der Waals surface area contributed by atoms with Gasteiger partial charge in [0.25, 0.3) is 0 Å². The number of nitrogens with zero attached hydrogens (tertiary/aromatic N) is 1. The molecule has 0 saturated carbocycles. The molecule has 96 valence electrons. The third kappa shape index (κ3) is 2.84. The van der Waals surface area contributed by atoms with Gasteiger partial charge in [0.15, 0.2) is 0 Å². The van der Waals surface area contributed by atoms with Gasteiger partial charge in [0.05, 0.1) is 30.0 Å². The number of aromatic nitrogens is 1. The van der Waals surface area contributed by atoms with Gasteiger partial charge in [-0.3, -0.25) is 0 Å². The van der Waals surface area contributed by atoms with Gasteiger partial charge < -0.3 is 10.1 Å². The van der Waals surface area contributed by atoms with Gasteiger partial charge in [-0.2, -0.15) is 0 Å². The lowest BCUT2D eigenvalue weighted by Gasteiger charge is -2.16. The first-order valence-corrected chi connectivity index (χ1v) is 7.29. The number of thiazole rings is 1. The molecule has 1 aromatic heterocycles. The summed E-state index contributed by atoms with van der Waals surface area (Å²) in [6.07, 6.45) is 0. The number of rotatable bonds is 4. The third-order valence-corrected chi connectivity index (χ3v) is 4.53. The Morgan fingerprint density at radius 1 is 1.44 bits per heavy atom. The maximum Gasteiger partial charge on any atom is 0.121 e. The van der Waals surface area contributed by atoms with E-state index in [1.54, 1.807) is 18.4 Å². The van der Waals surface area contributed by atoms with E-state index in [4.69, 9.17) is 4.74 Å². The van der Waals surface area contributed by atoms with Gasteiger partial charge in [-0.25, -0.2) is 4.98 Å². The molecule has 5 heteroatoms. The van der Waals surface area contributed by atoms with Gasteiger partial charge in [0, 0.05) is 15.4 Å². The van der Waals surface area contributed by atoms with Crippen molar-refractivity contribution in [3.8, 4) is 5.75 Å². The van der Waals surface area contributed by atoms with Crippen LogP contribution in [0.3, 0.4) is 0 Å². The predicted molar refractivity (Wildman–Crippen MR) is 79.6 cm³/mol. The second-order valence-corrected chi connectivity index (χ2v) is 5.75. The largest absolute Gasteiger partial charge is 0.497 e. The van der Waals surface area contributed by atoms with Crippen LogP contribution in [0, 0.1) is 6.92 Å². The molecule has 2 aromatic rings. The fraction of sp³-hybridized carbons (Fsp3) is 0.308. The Morgan fingerprint density at radius 3 is 2.83 bits per heavy atom. The molecule has 0 saturated heterocycles. The first-order chi connectivity index (χ1) is 8.61. The number of ether oxygens (including phenoxy) is 1. The number of benzene rings is 1. The number of aryl methyl sites for hydroxylation is 1. The molecule has 0 aliphatic carbocycles. The van der Waals surface area contributed by atoms with Crippen molar-refractivity contribution in [3.05, 3.63) is 38.8 Å². The normalized spacial score (nSPS) is 12.2. The third-order valence-electron chi connectivity index (χ3n) is 2.72. The molecule has 0 aliphatic heterocycles. The van der Waals surface area contributed by atoms with Crippen molar-refractivity contribution in [1.29, 1.82) is 0 Å². The highest BCUT2D eigenvalue weighted by Crippen LogP contribution is 2.31. The molecule has 0 fully saturated rings. The van der Waals surface area contributed by atoms with E-state index in [0.717, 1.165) is 21.6 Å². The smallest absolute Gasteiger partial charge is 0.121 e. The van der Waals surface area contributed by atoms with E-state index in [1.807, 2.05) is 30.6 Å². The van der Waals surface area contributed by atoms with Gasteiger partial charge in [0.2, 0.25) is 0 Å². The first-order valence-electron chi connectivity index (χ1n) is 5.62. The van der Waals surface area contributed by atoms with Crippen LogP contribution < -0.4 is 10.1 Å². The van der Waals surface area contributed by atoms with Crippen molar-refractivity contribution in [2.75, 3.05) is 12.4 Å². The molecule has 0 bridgehead atoms. The number of anilines is 1. The van der Waals surface area contributed by atoms with Crippen LogP contribution in [-0.4, -0.2) is 12.1 Å². The maximum atomic E-state index is 5.24. The van der Waals surface area contributed by atoms with Crippen molar-refractivity contribution < 1.29 is 4.74 Å². The molecule has 0 aliphatic rings. The van der Waals surface area contributed by atoms with Crippen molar-refractivity contribution in [3.63, 3.8) is 0 Å². The Hall–Kier alpha value is -1.07. The lowest BCUT2D eigenvalue weighted by molar-refractivity contribution is 0.415. The van der Waals surface area contributed by atoms with Gasteiger partial charge in [0.1, 0.15) is 5.75 Å². The quantitative estimate of drug-likeness (QED) is 0.904. The van der Waals surface area contributed by atoms with E-state index in [9.17, 15) is 0 Å². The molecule has 0 amide bonds. The van der Waals surface area contributed by atoms with Crippen LogP contribution in [-0.2, 0) is 0 Å². The topological polar surface area (TPSA) is 34.1 Å². The lowest BCUT2D eigenvalue weighted by atomic mass is 10.2. The summed E-state index contributed by atoms with van der Waals surface area (Å²) in [5.74, 6) is 0.842. The summed E-state index contributed by atoms with van der Waals surface area (Å²) >= 11 is 5.21. The minimum Gasteiger partial charge on any atom is -0.497 e. The number of hydrogen-bond acceptors (Lipinski definition) is 4. The monoisotopic (exact) mass is 326 g/mol. The summed E-state index contributed by atoms with van der Waals surface area (Å²) in [5.41, 5.74) is 3.98. The van der Waals surface area contributed by atoms with Crippen LogP contribution >= 0.6 is 27.3 Å².